The Morgan fingerprint density at radius 1 is 1.41 bits per heavy atom. The number of likely N-dealkylation sites (tertiary alicyclic amines) is 1. The summed E-state index contributed by atoms with van der Waals surface area (Å²) in [5.74, 6) is -1.53. The summed E-state index contributed by atoms with van der Waals surface area (Å²) in [4.78, 5) is 24.4. The number of rotatable bonds is 2. The Hall–Kier alpha value is -1.72. The number of hydrogen-bond acceptors (Lipinski definition) is 4. The molecule has 2 unspecified atom stereocenters. The second-order valence-electron chi connectivity index (χ2n) is 4.33. The minimum absolute atomic E-state index is 0.0402. The highest BCUT2D eigenvalue weighted by Gasteiger charge is 2.38. The summed E-state index contributed by atoms with van der Waals surface area (Å²) in [5, 5.41) is 8.99. The van der Waals surface area contributed by atoms with Gasteiger partial charge in [-0.05, 0) is 5.92 Å². The lowest BCUT2D eigenvalue weighted by Gasteiger charge is -2.20. The molecule has 0 aliphatic carbocycles. The highest BCUT2D eigenvalue weighted by molar-refractivity contribution is 5.92. The molecule has 0 bridgehead atoms. The molecule has 6 nitrogen and oxygen atoms in total. The Morgan fingerprint density at radius 3 is 2.71 bits per heavy atom. The van der Waals surface area contributed by atoms with Gasteiger partial charge in [-0.25, -0.2) is 0 Å². The van der Waals surface area contributed by atoms with E-state index in [0.29, 0.717) is 19.8 Å². The molecule has 2 rings (SSSR count). The Balaban J connectivity index is 2.02. The van der Waals surface area contributed by atoms with Crippen molar-refractivity contribution in [3.05, 3.63) is 12.0 Å². The van der Waals surface area contributed by atoms with Gasteiger partial charge >= 0.3 is 5.97 Å². The van der Waals surface area contributed by atoms with Crippen molar-refractivity contribution < 1.29 is 24.2 Å². The van der Waals surface area contributed by atoms with Crippen LogP contribution in [0.1, 0.15) is 6.92 Å². The first-order chi connectivity index (χ1) is 8.09. The highest BCUT2D eigenvalue weighted by atomic mass is 16.6. The fourth-order valence-corrected chi connectivity index (χ4v) is 2.09. The van der Waals surface area contributed by atoms with Crippen molar-refractivity contribution >= 4 is 11.9 Å². The summed E-state index contributed by atoms with van der Waals surface area (Å²) < 4.78 is 10.2. The van der Waals surface area contributed by atoms with Crippen LogP contribution in [0, 0.1) is 11.8 Å². The number of amides is 1. The van der Waals surface area contributed by atoms with Crippen LogP contribution in [-0.4, -0.2) is 48.2 Å². The molecular weight excluding hydrogens is 226 g/mol. The topological polar surface area (TPSA) is 76.1 Å². The van der Waals surface area contributed by atoms with Crippen LogP contribution in [0.3, 0.4) is 0 Å². The number of carboxylic acid groups (broad SMARTS) is 1. The van der Waals surface area contributed by atoms with Crippen LogP contribution in [0.4, 0.5) is 0 Å². The van der Waals surface area contributed by atoms with Crippen molar-refractivity contribution in [1.29, 1.82) is 0 Å². The second-order valence-corrected chi connectivity index (χ2v) is 4.33. The largest absolute Gasteiger partial charge is 0.494 e. The average molecular weight is 241 g/mol. The summed E-state index contributed by atoms with van der Waals surface area (Å²) in [6.07, 6.45) is 1.30. The SMILES string of the molecule is CC1CN(C(=O)C2=COCCO2)CC1C(=O)O. The van der Waals surface area contributed by atoms with Gasteiger partial charge in [0.15, 0.2) is 0 Å². The molecule has 1 fully saturated rings. The van der Waals surface area contributed by atoms with Crippen LogP contribution >= 0.6 is 0 Å². The van der Waals surface area contributed by atoms with E-state index in [4.69, 9.17) is 14.6 Å². The average Bonchev–Trinajstić information content (AvgIpc) is 2.71. The molecule has 2 aliphatic rings. The van der Waals surface area contributed by atoms with Gasteiger partial charge < -0.3 is 19.5 Å². The molecule has 2 aliphatic heterocycles. The molecule has 1 amide bonds. The molecule has 6 heteroatoms. The van der Waals surface area contributed by atoms with Crippen molar-refractivity contribution in [1.82, 2.24) is 4.90 Å². The van der Waals surface area contributed by atoms with E-state index in [1.54, 1.807) is 0 Å². The van der Waals surface area contributed by atoms with E-state index < -0.39 is 11.9 Å². The maximum Gasteiger partial charge on any atom is 0.308 e. The number of ether oxygens (including phenoxy) is 2. The predicted octanol–water partition coefficient (Wildman–Crippen LogP) is 0.0537. The van der Waals surface area contributed by atoms with Crippen LogP contribution in [0.2, 0.25) is 0 Å². The fourth-order valence-electron chi connectivity index (χ4n) is 2.09. The third-order valence-electron chi connectivity index (χ3n) is 3.08. The summed E-state index contributed by atoms with van der Waals surface area (Å²) in [6, 6.07) is 0. The van der Waals surface area contributed by atoms with E-state index in [1.165, 1.54) is 11.2 Å². The van der Waals surface area contributed by atoms with Crippen molar-refractivity contribution in [3.63, 3.8) is 0 Å². The van der Waals surface area contributed by atoms with Crippen LogP contribution in [0.5, 0.6) is 0 Å². The molecule has 2 atom stereocenters. The molecule has 0 aromatic rings. The zero-order chi connectivity index (χ0) is 12.4. The number of aliphatic carboxylic acids is 1. The Labute approximate surface area is 98.8 Å². The first kappa shape index (κ1) is 11.8. The summed E-state index contributed by atoms with van der Waals surface area (Å²) in [6.45, 7) is 3.29. The van der Waals surface area contributed by atoms with Gasteiger partial charge in [0, 0.05) is 13.1 Å². The lowest BCUT2D eigenvalue weighted by atomic mass is 9.99. The maximum atomic E-state index is 12.0. The molecule has 1 N–H and O–H groups in total. The van der Waals surface area contributed by atoms with Crippen LogP contribution in [-0.2, 0) is 19.1 Å². The predicted molar refractivity (Wildman–Crippen MR) is 56.9 cm³/mol. The van der Waals surface area contributed by atoms with Crippen molar-refractivity contribution in [2.75, 3.05) is 26.3 Å². The molecular formula is C11H15NO5. The number of nitrogens with zero attached hydrogens (tertiary/aromatic N) is 1. The third-order valence-corrected chi connectivity index (χ3v) is 3.08. The Kier molecular flexibility index (Phi) is 3.21. The lowest BCUT2D eigenvalue weighted by Crippen LogP contribution is -2.33. The minimum Gasteiger partial charge on any atom is -0.494 e. The number of carbonyl (C=O) groups excluding carboxylic acids is 1. The van der Waals surface area contributed by atoms with E-state index in [1.807, 2.05) is 6.92 Å². The van der Waals surface area contributed by atoms with Crippen molar-refractivity contribution in [3.8, 4) is 0 Å². The van der Waals surface area contributed by atoms with Crippen LogP contribution < -0.4 is 0 Å². The van der Waals surface area contributed by atoms with E-state index in [9.17, 15) is 9.59 Å². The fraction of sp³-hybridized carbons (Fsp3) is 0.636. The lowest BCUT2D eigenvalue weighted by molar-refractivity contribution is -0.142. The maximum absolute atomic E-state index is 12.0. The standard InChI is InChI=1S/C11H15NO5/c1-7-4-12(5-8(7)11(14)15)10(13)9-6-16-2-3-17-9/h6-8H,2-5H2,1H3,(H,14,15). The van der Waals surface area contributed by atoms with Gasteiger partial charge in [0.05, 0.1) is 5.92 Å². The van der Waals surface area contributed by atoms with E-state index in [2.05, 4.69) is 0 Å². The van der Waals surface area contributed by atoms with Gasteiger partial charge in [0.25, 0.3) is 5.91 Å². The van der Waals surface area contributed by atoms with Gasteiger partial charge in [-0.1, -0.05) is 6.92 Å². The van der Waals surface area contributed by atoms with Crippen molar-refractivity contribution in [2.45, 2.75) is 6.92 Å². The highest BCUT2D eigenvalue weighted by Crippen LogP contribution is 2.25. The molecule has 0 aromatic carbocycles. The van der Waals surface area contributed by atoms with Crippen molar-refractivity contribution in [2.24, 2.45) is 11.8 Å². The van der Waals surface area contributed by atoms with E-state index in [-0.39, 0.29) is 24.1 Å². The van der Waals surface area contributed by atoms with Gasteiger partial charge in [-0.2, -0.15) is 0 Å². The monoisotopic (exact) mass is 241 g/mol. The van der Waals surface area contributed by atoms with Gasteiger partial charge in [-0.15, -0.1) is 0 Å². The normalized spacial score (nSPS) is 28.1. The quantitative estimate of drug-likeness (QED) is 0.739. The van der Waals surface area contributed by atoms with E-state index in [0.717, 1.165) is 0 Å². The molecule has 0 saturated carbocycles. The number of hydrogen-bond donors (Lipinski definition) is 1. The molecule has 0 radical (unpaired) electrons. The minimum atomic E-state index is -0.859. The van der Waals surface area contributed by atoms with Gasteiger partial charge in [-0.3, -0.25) is 9.59 Å². The zero-order valence-corrected chi connectivity index (χ0v) is 9.59. The van der Waals surface area contributed by atoms with Crippen LogP contribution in [0.15, 0.2) is 12.0 Å². The molecule has 2 heterocycles. The summed E-state index contributed by atoms with van der Waals surface area (Å²) in [7, 11) is 0. The summed E-state index contributed by atoms with van der Waals surface area (Å²) >= 11 is 0. The van der Waals surface area contributed by atoms with Gasteiger partial charge in [0.2, 0.25) is 5.76 Å². The zero-order valence-electron chi connectivity index (χ0n) is 9.59. The molecule has 0 aromatic heterocycles. The second kappa shape index (κ2) is 4.65. The van der Waals surface area contributed by atoms with Gasteiger partial charge in [0.1, 0.15) is 19.5 Å². The summed E-state index contributed by atoms with van der Waals surface area (Å²) in [5.41, 5.74) is 0. The van der Waals surface area contributed by atoms with E-state index >= 15 is 0 Å². The third kappa shape index (κ3) is 2.35. The first-order valence-electron chi connectivity index (χ1n) is 5.56. The van der Waals surface area contributed by atoms with Crippen LogP contribution in [0.25, 0.3) is 0 Å². The molecule has 17 heavy (non-hydrogen) atoms. The number of carbonyl (C=O) groups is 2. The number of carboxylic acids is 1. The smallest absolute Gasteiger partial charge is 0.308 e. The Morgan fingerprint density at radius 2 is 2.18 bits per heavy atom. The molecule has 94 valence electrons. The molecule has 0 spiro atoms. The first-order valence-corrected chi connectivity index (χ1v) is 5.56. The Bertz CT molecular complexity index is 365. The molecule has 1 saturated heterocycles.